The molecule has 0 spiro atoms. The van der Waals surface area contributed by atoms with Crippen molar-refractivity contribution < 1.29 is 9.90 Å². The number of hydrogen-bond acceptors (Lipinski definition) is 2. The lowest BCUT2D eigenvalue weighted by Gasteiger charge is -2.47. The van der Waals surface area contributed by atoms with Crippen LogP contribution < -0.4 is 0 Å². The summed E-state index contributed by atoms with van der Waals surface area (Å²) in [5.41, 5.74) is -0.536. The number of carbonyl (C=O) groups excluding carboxylic acids is 1. The Morgan fingerprint density at radius 2 is 2.31 bits per heavy atom. The third-order valence-electron chi connectivity index (χ3n) is 2.87. The largest absolute Gasteiger partial charge is 0.390 e. The summed E-state index contributed by atoms with van der Waals surface area (Å²) in [6.07, 6.45) is 5.95. The van der Waals surface area contributed by atoms with E-state index in [1.807, 2.05) is 17.9 Å². The van der Waals surface area contributed by atoms with Gasteiger partial charge in [-0.05, 0) is 32.3 Å². The van der Waals surface area contributed by atoms with Gasteiger partial charge in [0, 0.05) is 12.6 Å². The number of carbonyl (C=O) groups is 1. The maximum absolute atomic E-state index is 11.4. The first-order chi connectivity index (χ1) is 6.08. The molecule has 1 amide bonds. The van der Waals surface area contributed by atoms with E-state index >= 15 is 0 Å². The fourth-order valence-electron chi connectivity index (χ4n) is 2.14. The second-order valence-corrected chi connectivity index (χ2v) is 4.28. The SMILES string of the molecule is CC1(O)CC(N2CCC=CC2=O)C1. The van der Waals surface area contributed by atoms with Crippen molar-refractivity contribution in [3.63, 3.8) is 0 Å². The molecule has 3 heteroatoms. The Kier molecular flexibility index (Phi) is 1.91. The summed E-state index contributed by atoms with van der Waals surface area (Å²) in [5.74, 6) is 0.103. The maximum Gasteiger partial charge on any atom is 0.246 e. The van der Waals surface area contributed by atoms with Crippen molar-refractivity contribution in [2.24, 2.45) is 0 Å². The predicted octanol–water partition coefficient (Wildman–Crippen LogP) is 0.688. The van der Waals surface area contributed by atoms with Crippen LogP contribution in [0.3, 0.4) is 0 Å². The van der Waals surface area contributed by atoms with Crippen LogP contribution in [-0.2, 0) is 4.79 Å². The average Bonchev–Trinajstić information content (AvgIpc) is 2.01. The standard InChI is InChI=1S/C10H15NO2/c1-10(13)6-8(7-10)11-5-3-2-4-9(11)12/h2,4,8,13H,3,5-7H2,1H3. The van der Waals surface area contributed by atoms with E-state index < -0.39 is 5.60 Å². The molecule has 72 valence electrons. The van der Waals surface area contributed by atoms with Crippen molar-refractivity contribution in [2.45, 2.75) is 37.8 Å². The van der Waals surface area contributed by atoms with Crippen molar-refractivity contribution in [3.05, 3.63) is 12.2 Å². The van der Waals surface area contributed by atoms with Crippen LogP contribution in [-0.4, -0.2) is 34.1 Å². The van der Waals surface area contributed by atoms with E-state index in [-0.39, 0.29) is 11.9 Å². The van der Waals surface area contributed by atoms with Crippen LogP contribution in [0.25, 0.3) is 0 Å². The first kappa shape index (κ1) is 8.75. The summed E-state index contributed by atoms with van der Waals surface area (Å²) < 4.78 is 0. The van der Waals surface area contributed by atoms with Crippen molar-refractivity contribution in [1.29, 1.82) is 0 Å². The highest BCUT2D eigenvalue weighted by Crippen LogP contribution is 2.35. The normalized spacial score (nSPS) is 39.1. The first-order valence-corrected chi connectivity index (χ1v) is 4.78. The Morgan fingerprint density at radius 3 is 2.85 bits per heavy atom. The number of aliphatic hydroxyl groups is 1. The highest BCUT2D eigenvalue weighted by Gasteiger charge is 2.42. The lowest BCUT2D eigenvalue weighted by molar-refractivity contribution is -0.138. The molecule has 0 saturated heterocycles. The van der Waals surface area contributed by atoms with Crippen LogP contribution >= 0.6 is 0 Å². The van der Waals surface area contributed by atoms with Crippen molar-refractivity contribution >= 4 is 5.91 Å². The van der Waals surface area contributed by atoms with E-state index in [9.17, 15) is 9.90 Å². The minimum absolute atomic E-state index is 0.103. The molecule has 0 aromatic carbocycles. The Hall–Kier alpha value is -0.830. The summed E-state index contributed by atoms with van der Waals surface area (Å²) in [5, 5.41) is 9.54. The first-order valence-electron chi connectivity index (χ1n) is 4.78. The second kappa shape index (κ2) is 2.84. The molecule has 2 rings (SSSR count). The van der Waals surface area contributed by atoms with Crippen LogP contribution in [0.1, 0.15) is 26.2 Å². The molecule has 0 unspecified atom stereocenters. The molecule has 0 bridgehead atoms. The summed E-state index contributed by atoms with van der Waals surface area (Å²) >= 11 is 0. The summed E-state index contributed by atoms with van der Waals surface area (Å²) in [6.45, 7) is 2.64. The van der Waals surface area contributed by atoms with Crippen molar-refractivity contribution in [1.82, 2.24) is 4.90 Å². The van der Waals surface area contributed by atoms with Gasteiger partial charge in [0.15, 0.2) is 0 Å². The monoisotopic (exact) mass is 181 g/mol. The molecule has 1 aliphatic carbocycles. The van der Waals surface area contributed by atoms with Crippen LogP contribution in [0.15, 0.2) is 12.2 Å². The zero-order chi connectivity index (χ0) is 9.47. The quantitative estimate of drug-likeness (QED) is 0.646. The molecular formula is C10H15NO2. The molecule has 0 aromatic heterocycles. The van der Waals surface area contributed by atoms with E-state index in [2.05, 4.69) is 0 Å². The van der Waals surface area contributed by atoms with Gasteiger partial charge in [-0.1, -0.05) is 6.08 Å². The number of nitrogens with zero attached hydrogens (tertiary/aromatic N) is 1. The van der Waals surface area contributed by atoms with Crippen LogP contribution in [0.2, 0.25) is 0 Å². The molecule has 2 aliphatic rings. The molecule has 1 aliphatic heterocycles. The summed E-state index contributed by atoms with van der Waals surface area (Å²) in [7, 11) is 0. The molecule has 0 radical (unpaired) electrons. The van der Waals surface area contributed by atoms with E-state index in [0.29, 0.717) is 0 Å². The molecule has 1 saturated carbocycles. The van der Waals surface area contributed by atoms with Gasteiger partial charge in [0.1, 0.15) is 0 Å². The third kappa shape index (κ3) is 1.61. The average molecular weight is 181 g/mol. The Morgan fingerprint density at radius 1 is 1.62 bits per heavy atom. The topological polar surface area (TPSA) is 40.5 Å². The van der Waals surface area contributed by atoms with E-state index in [4.69, 9.17) is 0 Å². The molecule has 1 fully saturated rings. The van der Waals surface area contributed by atoms with Crippen molar-refractivity contribution in [3.8, 4) is 0 Å². The predicted molar refractivity (Wildman–Crippen MR) is 49.1 cm³/mol. The third-order valence-corrected chi connectivity index (χ3v) is 2.87. The lowest BCUT2D eigenvalue weighted by Crippen LogP contribution is -2.55. The summed E-state index contributed by atoms with van der Waals surface area (Å²) in [6, 6.07) is 0.271. The molecule has 13 heavy (non-hydrogen) atoms. The highest BCUT2D eigenvalue weighted by atomic mass is 16.3. The zero-order valence-corrected chi connectivity index (χ0v) is 7.86. The van der Waals surface area contributed by atoms with Gasteiger partial charge < -0.3 is 10.0 Å². The second-order valence-electron chi connectivity index (χ2n) is 4.28. The van der Waals surface area contributed by atoms with E-state index in [1.165, 1.54) is 0 Å². The minimum Gasteiger partial charge on any atom is -0.390 e. The van der Waals surface area contributed by atoms with Crippen molar-refractivity contribution in [2.75, 3.05) is 6.54 Å². The van der Waals surface area contributed by atoms with Gasteiger partial charge in [0.2, 0.25) is 5.91 Å². The molecule has 3 nitrogen and oxygen atoms in total. The Bertz CT molecular complexity index is 250. The molecule has 1 heterocycles. The number of rotatable bonds is 1. The lowest BCUT2D eigenvalue weighted by atomic mass is 9.76. The van der Waals surface area contributed by atoms with Crippen LogP contribution in [0, 0.1) is 0 Å². The Labute approximate surface area is 78.0 Å². The van der Waals surface area contributed by atoms with E-state index in [1.54, 1.807) is 6.08 Å². The van der Waals surface area contributed by atoms with Gasteiger partial charge in [0.05, 0.1) is 5.60 Å². The fraction of sp³-hybridized carbons (Fsp3) is 0.700. The Balaban J connectivity index is 1.96. The van der Waals surface area contributed by atoms with Gasteiger partial charge in [-0.25, -0.2) is 0 Å². The highest BCUT2D eigenvalue weighted by molar-refractivity contribution is 5.88. The smallest absolute Gasteiger partial charge is 0.246 e. The van der Waals surface area contributed by atoms with Crippen LogP contribution in [0.4, 0.5) is 0 Å². The molecule has 1 N–H and O–H groups in total. The number of hydrogen-bond donors (Lipinski definition) is 1. The van der Waals surface area contributed by atoms with Gasteiger partial charge in [-0.3, -0.25) is 4.79 Å². The number of amides is 1. The van der Waals surface area contributed by atoms with Crippen LogP contribution in [0.5, 0.6) is 0 Å². The molecule has 0 atom stereocenters. The van der Waals surface area contributed by atoms with E-state index in [0.717, 1.165) is 25.8 Å². The zero-order valence-electron chi connectivity index (χ0n) is 7.86. The fourth-order valence-corrected chi connectivity index (χ4v) is 2.14. The van der Waals surface area contributed by atoms with Gasteiger partial charge in [-0.15, -0.1) is 0 Å². The van der Waals surface area contributed by atoms with Gasteiger partial charge in [-0.2, -0.15) is 0 Å². The summed E-state index contributed by atoms with van der Waals surface area (Å²) in [4.78, 5) is 13.3. The van der Waals surface area contributed by atoms with Gasteiger partial charge in [0.25, 0.3) is 0 Å². The minimum atomic E-state index is -0.536. The molecular weight excluding hydrogens is 166 g/mol. The van der Waals surface area contributed by atoms with Gasteiger partial charge >= 0.3 is 0 Å². The maximum atomic E-state index is 11.4. The molecule has 0 aromatic rings.